The van der Waals surface area contributed by atoms with Gasteiger partial charge in [-0.15, -0.1) is 11.6 Å². The Hall–Kier alpha value is -2.24. The summed E-state index contributed by atoms with van der Waals surface area (Å²) in [5.74, 6) is 1.32. The van der Waals surface area contributed by atoms with Crippen molar-refractivity contribution in [3.63, 3.8) is 0 Å². The van der Waals surface area contributed by atoms with Crippen molar-refractivity contribution in [1.82, 2.24) is 9.38 Å². The van der Waals surface area contributed by atoms with Crippen LogP contribution in [0.25, 0.3) is 26.4 Å². The van der Waals surface area contributed by atoms with Crippen LogP contribution < -0.4 is 10.5 Å². The fraction of sp³-hybridized carbons (Fsp3) is 0.211. The molecule has 2 aromatic carbocycles. The zero-order valence-corrected chi connectivity index (χ0v) is 15.8. The Bertz CT molecular complexity index is 976. The first-order chi connectivity index (χ1) is 12.2. The number of fused-ring (bicyclic) bond motifs is 3. The quantitative estimate of drug-likeness (QED) is 0.382. The van der Waals surface area contributed by atoms with Crippen molar-refractivity contribution in [2.24, 2.45) is 0 Å². The van der Waals surface area contributed by atoms with E-state index in [1.54, 1.807) is 11.3 Å². The van der Waals surface area contributed by atoms with E-state index >= 15 is 0 Å². The largest absolute Gasteiger partial charge is 0.492 e. The molecule has 0 atom stereocenters. The summed E-state index contributed by atoms with van der Waals surface area (Å²) in [5, 5.41) is 0. The monoisotopic (exact) mass is 373 g/mol. The lowest BCUT2D eigenvalue weighted by molar-refractivity contribution is 0.343. The summed E-state index contributed by atoms with van der Waals surface area (Å²) in [6, 6.07) is 13.8. The molecule has 0 aliphatic heterocycles. The average molecular weight is 374 g/mol. The fourth-order valence-electron chi connectivity index (χ4n) is 2.52. The average Bonchev–Trinajstić information content (AvgIpc) is 3.19. The minimum absolute atomic E-state index is 0.483. The first-order valence-corrected chi connectivity index (χ1v) is 9.56. The minimum Gasteiger partial charge on any atom is -0.492 e. The molecule has 0 saturated carbocycles. The number of nitrogens with two attached hydrogens (primary N) is 1. The van der Waals surface area contributed by atoms with Crippen LogP contribution in [0.3, 0.4) is 0 Å². The highest BCUT2D eigenvalue weighted by Gasteiger charge is 2.11. The molecule has 0 fully saturated rings. The van der Waals surface area contributed by atoms with Gasteiger partial charge in [-0.1, -0.05) is 37.3 Å². The summed E-state index contributed by atoms with van der Waals surface area (Å²) in [7, 11) is 0. The molecule has 0 bridgehead atoms. The number of anilines is 1. The van der Waals surface area contributed by atoms with E-state index in [1.165, 1.54) is 0 Å². The Morgan fingerprint density at radius 2 is 1.92 bits per heavy atom. The molecule has 0 aliphatic carbocycles. The molecule has 25 heavy (non-hydrogen) atoms. The number of imidazole rings is 1. The van der Waals surface area contributed by atoms with E-state index < -0.39 is 0 Å². The van der Waals surface area contributed by atoms with Crippen molar-refractivity contribution in [3.05, 3.63) is 48.7 Å². The van der Waals surface area contributed by atoms with Crippen molar-refractivity contribution in [3.8, 4) is 17.0 Å². The number of thiazole rings is 1. The predicted octanol–water partition coefficient (Wildman–Crippen LogP) is 5.44. The smallest absolute Gasteiger partial charge is 0.195 e. The molecule has 4 aromatic rings. The molecule has 2 N–H and O–H groups in total. The Morgan fingerprint density at radius 1 is 1.16 bits per heavy atom. The lowest BCUT2D eigenvalue weighted by Gasteiger charge is -2.03. The Kier molecular flexibility index (Phi) is 5.46. The number of hydrogen-bond acceptors (Lipinski definition) is 4. The number of ether oxygens (including phenoxy) is 1. The summed E-state index contributed by atoms with van der Waals surface area (Å²) in [6.07, 6.45) is 2.05. The molecule has 0 unspecified atom stereocenters. The van der Waals surface area contributed by atoms with Crippen LogP contribution in [0.1, 0.15) is 13.8 Å². The maximum absolute atomic E-state index is 5.74. The number of nitrogen functional groups attached to an aromatic ring is 1. The van der Waals surface area contributed by atoms with E-state index in [-0.39, 0.29) is 0 Å². The molecular formula is C19H20ClN3OS. The van der Waals surface area contributed by atoms with E-state index in [2.05, 4.69) is 16.7 Å². The van der Waals surface area contributed by atoms with E-state index in [0.717, 1.165) is 37.9 Å². The van der Waals surface area contributed by atoms with Crippen LogP contribution in [0.4, 0.5) is 5.69 Å². The van der Waals surface area contributed by atoms with Gasteiger partial charge in [-0.2, -0.15) is 0 Å². The maximum atomic E-state index is 5.74. The predicted molar refractivity (Wildman–Crippen MR) is 108 cm³/mol. The van der Waals surface area contributed by atoms with Crippen LogP contribution in [0.5, 0.6) is 5.75 Å². The molecule has 6 heteroatoms. The number of aromatic nitrogens is 2. The van der Waals surface area contributed by atoms with Crippen molar-refractivity contribution in [1.29, 1.82) is 0 Å². The maximum Gasteiger partial charge on any atom is 0.195 e. The zero-order chi connectivity index (χ0) is 17.8. The van der Waals surface area contributed by atoms with Crippen molar-refractivity contribution in [2.75, 3.05) is 18.2 Å². The SMILES string of the molecule is CC.Nc1ccc(-c2cn3c(n2)sc2cc(OCCCl)ccc23)cc1. The number of alkyl halides is 1. The van der Waals surface area contributed by atoms with Crippen LogP contribution >= 0.6 is 22.9 Å². The van der Waals surface area contributed by atoms with Gasteiger partial charge in [0.2, 0.25) is 0 Å². The van der Waals surface area contributed by atoms with Gasteiger partial charge in [-0.3, -0.25) is 4.40 Å². The van der Waals surface area contributed by atoms with Gasteiger partial charge in [0.1, 0.15) is 12.4 Å². The van der Waals surface area contributed by atoms with Crippen LogP contribution in [0.2, 0.25) is 0 Å². The second-order valence-electron chi connectivity index (χ2n) is 5.17. The van der Waals surface area contributed by atoms with Crippen molar-refractivity contribution >= 4 is 43.8 Å². The first-order valence-electron chi connectivity index (χ1n) is 8.21. The fourth-order valence-corrected chi connectivity index (χ4v) is 3.63. The molecule has 0 aliphatic rings. The third kappa shape index (κ3) is 3.57. The highest BCUT2D eigenvalue weighted by atomic mass is 35.5. The lowest BCUT2D eigenvalue weighted by atomic mass is 10.1. The summed E-state index contributed by atoms with van der Waals surface area (Å²) >= 11 is 7.30. The minimum atomic E-state index is 0.483. The molecule has 0 radical (unpaired) electrons. The normalized spacial score (nSPS) is 10.7. The van der Waals surface area contributed by atoms with Gasteiger partial charge in [0, 0.05) is 17.4 Å². The van der Waals surface area contributed by atoms with Crippen LogP contribution in [0, 0.1) is 0 Å². The van der Waals surface area contributed by atoms with Crippen molar-refractivity contribution in [2.45, 2.75) is 13.8 Å². The third-order valence-corrected chi connectivity index (χ3v) is 4.79. The van der Waals surface area contributed by atoms with Gasteiger partial charge >= 0.3 is 0 Å². The number of halogens is 1. The van der Waals surface area contributed by atoms with Gasteiger partial charge < -0.3 is 10.5 Å². The Balaban J connectivity index is 0.000000880. The Labute approximate surface area is 155 Å². The summed E-state index contributed by atoms with van der Waals surface area (Å²) < 4.78 is 8.82. The summed E-state index contributed by atoms with van der Waals surface area (Å²) in [5.41, 5.74) is 9.62. The molecular weight excluding hydrogens is 354 g/mol. The van der Waals surface area contributed by atoms with E-state index in [1.807, 2.05) is 50.2 Å². The molecule has 4 rings (SSSR count). The molecule has 0 spiro atoms. The van der Waals surface area contributed by atoms with Crippen molar-refractivity contribution < 1.29 is 4.74 Å². The summed E-state index contributed by atoms with van der Waals surface area (Å²) in [4.78, 5) is 5.68. The Morgan fingerprint density at radius 3 is 2.64 bits per heavy atom. The number of rotatable bonds is 4. The standard InChI is InChI=1S/C17H14ClN3OS.C2H6/c18-7-8-22-13-5-6-15-16(9-13)23-17-20-14(10-21(15)17)11-1-3-12(19)4-2-11;1-2/h1-6,9-10H,7-8,19H2;1-2H3. The van der Waals surface area contributed by atoms with Crippen LogP contribution in [0.15, 0.2) is 48.7 Å². The second kappa shape index (κ2) is 7.76. The molecule has 0 saturated heterocycles. The van der Waals surface area contributed by atoms with Gasteiger partial charge in [0.15, 0.2) is 4.96 Å². The first kappa shape index (κ1) is 17.6. The highest BCUT2D eigenvalue weighted by molar-refractivity contribution is 7.23. The molecule has 2 aromatic heterocycles. The van der Waals surface area contributed by atoms with Crippen LogP contribution in [-0.4, -0.2) is 21.9 Å². The topological polar surface area (TPSA) is 52.5 Å². The molecule has 4 nitrogen and oxygen atoms in total. The highest BCUT2D eigenvalue weighted by Crippen LogP contribution is 2.32. The van der Waals surface area contributed by atoms with Gasteiger partial charge in [0.05, 0.1) is 21.8 Å². The summed E-state index contributed by atoms with van der Waals surface area (Å²) in [6.45, 7) is 4.51. The number of hydrogen-bond donors (Lipinski definition) is 1. The van der Waals surface area contributed by atoms with E-state index in [0.29, 0.717) is 12.5 Å². The van der Waals surface area contributed by atoms with Gasteiger partial charge in [-0.25, -0.2) is 4.98 Å². The second-order valence-corrected chi connectivity index (χ2v) is 6.56. The zero-order valence-electron chi connectivity index (χ0n) is 14.2. The van der Waals surface area contributed by atoms with Gasteiger partial charge in [-0.05, 0) is 30.3 Å². The molecule has 2 heterocycles. The van der Waals surface area contributed by atoms with E-state index in [4.69, 9.17) is 27.1 Å². The number of benzene rings is 2. The third-order valence-electron chi connectivity index (χ3n) is 3.62. The number of nitrogens with zero attached hydrogens (tertiary/aromatic N) is 2. The van der Waals surface area contributed by atoms with Gasteiger partial charge in [0.25, 0.3) is 0 Å². The van der Waals surface area contributed by atoms with Crippen LogP contribution in [-0.2, 0) is 0 Å². The lowest BCUT2D eigenvalue weighted by Crippen LogP contribution is -1.97. The molecule has 0 amide bonds. The molecule has 130 valence electrons. The van der Waals surface area contributed by atoms with E-state index in [9.17, 15) is 0 Å².